The largest absolute Gasteiger partial charge is 2.00 e. The summed E-state index contributed by atoms with van der Waals surface area (Å²) in [5, 5.41) is 19.5. The Labute approximate surface area is 123 Å². The standard InChI is InChI=1S/2C5H11O2.Ca/c2*1-7-5-3-2-4-6;/h2*2-5H2,1H3;/q2*-1;+2. The molecule has 0 radical (unpaired) electrons. The number of rotatable bonds is 8. The molecule has 0 aliphatic rings. The van der Waals surface area contributed by atoms with Crippen LogP contribution in [0.3, 0.4) is 0 Å². The first-order chi connectivity index (χ1) is 6.83. The van der Waals surface area contributed by atoms with Gasteiger partial charge in [-0.05, 0) is 12.8 Å². The summed E-state index contributed by atoms with van der Waals surface area (Å²) in [5.74, 6) is 0. The van der Waals surface area contributed by atoms with Crippen molar-refractivity contribution < 1.29 is 19.7 Å². The van der Waals surface area contributed by atoms with Crippen molar-refractivity contribution in [2.45, 2.75) is 25.7 Å². The summed E-state index contributed by atoms with van der Waals surface area (Å²) in [7, 11) is 3.29. The molecule has 0 atom stereocenters. The first kappa shape index (κ1) is 21.4. The van der Waals surface area contributed by atoms with Crippen LogP contribution in [-0.4, -0.2) is 78.4 Å². The number of hydrogen-bond donors (Lipinski definition) is 0. The summed E-state index contributed by atoms with van der Waals surface area (Å²) in [6.07, 6.45) is 3.29. The quantitative estimate of drug-likeness (QED) is 0.414. The molecule has 0 saturated heterocycles. The van der Waals surface area contributed by atoms with Crippen molar-refractivity contribution in [1.29, 1.82) is 0 Å². The van der Waals surface area contributed by atoms with Crippen LogP contribution in [0.1, 0.15) is 25.7 Å². The van der Waals surface area contributed by atoms with Crippen molar-refractivity contribution in [3.05, 3.63) is 0 Å². The van der Waals surface area contributed by atoms with Crippen LogP contribution in [-0.2, 0) is 9.47 Å². The fourth-order valence-corrected chi connectivity index (χ4v) is 0.697. The van der Waals surface area contributed by atoms with Gasteiger partial charge in [0.25, 0.3) is 0 Å². The van der Waals surface area contributed by atoms with Crippen LogP contribution in [0.4, 0.5) is 0 Å². The third kappa shape index (κ3) is 31.3. The van der Waals surface area contributed by atoms with Gasteiger partial charge >= 0.3 is 37.7 Å². The van der Waals surface area contributed by atoms with Gasteiger partial charge in [0.1, 0.15) is 0 Å². The molecular formula is C10H22CaO4. The van der Waals surface area contributed by atoms with E-state index >= 15 is 0 Å². The minimum absolute atomic E-state index is 0. The van der Waals surface area contributed by atoms with Crippen LogP contribution in [0.15, 0.2) is 0 Å². The van der Waals surface area contributed by atoms with Gasteiger partial charge < -0.3 is 19.7 Å². The van der Waals surface area contributed by atoms with Gasteiger partial charge in [-0.15, -0.1) is 13.2 Å². The minimum Gasteiger partial charge on any atom is -0.854 e. The Hall–Kier alpha value is 1.10. The second-order valence-electron chi connectivity index (χ2n) is 2.81. The van der Waals surface area contributed by atoms with Crippen LogP contribution >= 0.6 is 0 Å². The van der Waals surface area contributed by atoms with Crippen LogP contribution in [0, 0.1) is 0 Å². The normalized spacial score (nSPS) is 8.80. The Kier molecular flexibility index (Phi) is 34.7. The molecule has 0 aliphatic carbocycles. The van der Waals surface area contributed by atoms with E-state index in [1.807, 2.05) is 0 Å². The van der Waals surface area contributed by atoms with Gasteiger partial charge in [-0.25, -0.2) is 0 Å². The molecular weight excluding hydrogens is 224 g/mol. The Morgan fingerprint density at radius 3 is 1.27 bits per heavy atom. The minimum atomic E-state index is 0. The van der Waals surface area contributed by atoms with E-state index in [0.717, 1.165) is 38.9 Å². The Balaban J connectivity index is -0.000000180. The van der Waals surface area contributed by atoms with Gasteiger partial charge in [-0.3, -0.25) is 0 Å². The first-order valence-corrected chi connectivity index (χ1v) is 4.97. The second-order valence-corrected chi connectivity index (χ2v) is 2.81. The molecule has 0 rings (SSSR count). The smallest absolute Gasteiger partial charge is 0.854 e. The van der Waals surface area contributed by atoms with E-state index in [2.05, 4.69) is 0 Å². The fraction of sp³-hybridized carbons (Fsp3) is 1.00. The maximum absolute atomic E-state index is 9.75. The third-order valence-corrected chi connectivity index (χ3v) is 1.49. The Bertz CT molecular complexity index is 65.8. The summed E-state index contributed by atoms with van der Waals surface area (Å²) in [4.78, 5) is 0. The van der Waals surface area contributed by atoms with E-state index in [9.17, 15) is 10.2 Å². The number of hydrogen-bond acceptors (Lipinski definition) is 4. The molecule has 4 nitrogen and oxygen atoms in total. The Morgan fingerprint density at radius 1 is 0.733 bits per heavy atom. The molecule has 0 heterocycles. The first-order valence-electron chi connectivity index (χ1n) is 4.97. The summed E-state index contributed by atoms with van der Waals surface area (Å²) in [6.45, 7) is 1.51. The van der Waals surface area contributed by atoms with Crippen molar-refractivity contribution in [3.63, 3.8) is 0 Å². The molecule has 0 bridgehead atoms. The maximum Gasteiger partial charge on any atom is 2.00 e. The summed E-state index contributed by atoms with van der Waals surface area (Å²) >= 11 is 0. The maximum atomic E-state index is 9.75. The van der Waals surface area contributed by atoms with Gasteiger partial charge in [0.2, 0.25) is 0 Å². The molecule has 0 aromatic heterocycles. The van der Waals surface area contributed by atoms with E-state index in [-0.39, 0.29) is 51.0 Å². The monoisotopic (exact) mass is 246 g/mol. The predicted molar refractivity (Wildman–Crippen MR) is 57.7 cm³/mol. The molecule has 0 aromatic rings. The summed E-state index contributed by atoms with van der Waals surface area (Å²) < 4.78 is 9.41. The van der Waals surface area contributed by atoms with E-state index in [1.165, 1.54) is 0 Å². The molecule has 0 fully saturated rings. The molecule has 88 valence electrons. The molecule has 0 aliphatic heterocycles. The zero-order valence-corrected chi connectivity index (χ0v) is 12.2. The zero-order valence-electron chi connectivity index (χ0n) is 10.00. The second kappa shape index (κ2) is 24.4. The van der Waals surface area contributed by atoms with Gasteiger partial charge in [0, 0.05) is 27.4 Å². The van der Waals surface area contributed by atoms with Gasteiger partial charge in [0.05, 0.1) is 0 Å². The SMILES string of the molecule is COCCCC[O-].COCCCC[O-].[Ca+2]. The van der Waals surface area contributed by atoms with Gasteiger partial charge in [0.15, 0.2) is 0 Å². The topological polar surface area (TPSA) is 64.6 Å². The molecule has 0 amide bonds. The average Bonchev–Trinajstić information content (AvgIpc) is 2.21. The average molecular weight is 246 g/mol. The van der Waals surface area contributed by atoms with E-state index in [1.54, 1.807) is 14.2 Å². The van der Waals surface area contributed by atoms with Gasteiger partial charge in [-0.1, -0.05) is 12.8 Å². The van der Waals surface area contributed by atoms with Crippen molar-refractivity contribution in [1.82, 2.24) is 0 Å². The summed E-state index contributed by atoms with van der Waals surface area (Å²) in [6, 6.07) is 0. The molecule has 15 heavy (non-hydrogen) atoms. The van der Waals surface area contributed by atoms with Crippen molar-refractivity contribution in [3.8, 4) is 0 Å². The fourth-order valence-electron chi connectivity index (χ4n) is 0.697. The molecule has 0 spiro atoms. The van der Waals surface area contributed by atoms with Crippen LogP contribution in [0.5, 0.6) is 0 Å². The van der Waals surface area contributed by atoms with Crippen molar-refractivity contribution in [2.24, 2.45) is 0 Å². The van der Waals surface area contributed by atoms with Crippen LogP contribution in [0.2, 0.25) is 0 Å². The molecule has 0 saturated carbocycles. The molecule has 0 unspecified atom stereocenters. The van der Waals surface area contributed by atoms with E-state index in [0.29, 0.717) is 0 Å². The predicted octanol–water partition coefficient (Wildman–Crippen LogP) is -0.834. The Morgan fingerprint density at radius 2 is 1.07 bits per heavy atom. The molecule has 0 N–H and O–H groups in total. The summed E-state index contributed by atoms with van der Waals surface area (Å²) in [5.41, 5.74) is 0. The molecule has 0 aromatic carbocycles. The van der Waals surface area contributed by atoms with Crippen LogP contribution in [0.25, 0.3) is 0 Å². The van der Waals surface area contributed by atoms with E-state index < -0.39 is 0 Å². The van der Waals surface area contributed by atoms with Crippen molar-refractivity contribution >= 4 is 37.7 Å². The zero-order chi connectivity index (χ0) is 11.1. The van der Waals surface area contributed by atoms with Gasteiger partial charge in [-0.2, -0.15) is 0 Å². The molecule has 5 heteroatoms. The third-order valence-electron chi connectivity index (χ3n) is 1.49. The van der Waals surface area contributed by atoms with E-state index in [4.69, 9.17) is 9.47 Å². The van der Waals surface area contributed by atoms with Crippen LogP contribution < -0.4 is 10.2 Å². The number of unbranched alkanes of at least 4 members (excludes halogenated alkanes) is 2. The number of ether oxygens (including phenoxy) is 2. The van der Waals surface area contributed by atoms with Crippen molar-refractivity contribution in [2.75, 3.05) is 40.6 Å². The number of methoxy groups -OCH3 is 2.